The van der Waals surface area contributed by atoms with Crippen molar-refractivity contribution in [2.24, 2.45) is 0 Å². The highest BCUT2D eigenvalue weighted by molar-refractivity contribution is 5.99. The first-order chi connectivity index (χ1) is 11.5. The highest BCUT2D eigenvalue weighted by atomic mass is 16.5. The number of hydrogen-bond donors (Lipinski definition) is 3. The number of aliphatic hydroxyl groups is 1. The Morgan fingerprint density at radius 2 is 2.00 bits per heavy atom. The molecule has 0 aliphatic carbocycles. The molecule has 0 aliphatic rings. The van der Waals surface area contributed by atoms with E-state index in [0.717, 1.165) is 0 Å². The number of H-pyrrole nitrogens is 1. The van der Waals surface area contributed by atoms with Crippen LogP contribution in [0.5, 0.6) is 11.5 Å². The molecule has 24 heavy (non-hydrogen) atoms. The van der Waals surface area contributed by atoms with Crippen LogP contribution in [0, 0.1) is 0 Å². The van der Waals surface area contributed by atoms with Crippen molar-refractivity contribution in [3.05, 3.63) is 47.3 Å². The van der Waals surface area contributed by atoms with Gasteiger partial charge < -0.3 is 24.9 Å². The molecule has 128 valence electrons. The number of aliphatic hydroxyl groups excluding tert-OH is 1. The van der Waals surface area contributed by atoms with Gasteiger partial charge in [0.05, 0.1) is 14.2 Å². The first kappa shape index (κ1) is 17.6. The second-order valence-corrected chi connectivity index (χ2v) is 5.19. The maximum absolute atomic E-state index is 12.1. The molecule has 1 atom stereocenters. The molecule has 1 amide bonds. The molecule has 0 bridgehead atoms. The van der Waals surface area contributed by atoms with Crippen molar-refractivity contribution in [3.63, 3.8) is 0 Å². The van der Waals surface area contributed by atoms with E-state index < -0.39 is 12.0 Å². The summed E-state index contributed by atoms with van der Waals surface area (Å²) < 4.78 is 10.3. The Balaban J connectivity index is 2.05. The fourth-order valence-electron chi connectivity index (χ4n) is 2.22. The Labute approximate surface area is 139 Å². The van der Waals surface area contributed by atoms with Gasteiger partial charge in [-0.3, -0.25) is 9.59 Å². The van der Waals surface area contributed by atoms with Crippen LogP contribution in [0.3, 0.4) is 0 Å². The fourth-order valence-corrected chi connectivity index (χ4v) is 2.22. The molecule has 1 heterocycles. The van der Waals surface area contributed by atoms with Crippen LogP contribution < -0.4 is 14.8 Å². The normalized spacial score (nSPS) is 11.7. The predicted molar refractivity (Wildman–Crippen MR) is 87.6 cm³/mol. The van der Waals surface area contributed by atoms with Crippen molar-refractivity contribution in [3.8, 4) is 11.5 Å². The highest BCUT2D eigenvalue weighted by Gasteiger charge is 2.17. The topological polar surface area (TPSA) is 101 Å². The molecule has 2 aromatic rings. The molecular formula is C17H20N2O5. The Morgan fingerprint density at radius 3 is 2.58 bits per heavy atom. The third-order valence-corrected chi connectivity index (χ3v) is 3.59. The Kier molecular flexibility index (Phi) is 5.59. The molecule has 7 nitrogen and oxygen atoms in total. The van der Waals surface area contributed by atoms with E-state index in [0.29, 0.717) is 22.6 Å². The molecule has 7 heteroatoms. The van der Waals surface area contributed by atoms with Crippen molar-refractivity contribution in [2.45, 2.75) is 13.0 Å². The van der Waals surface area contributed by atoms with Crippen LogP contribution in [0.4, 0.5) is 0 Å². The number of aromatic nitrogens is 1. The van der Waals surface area contributed by atoms with Crippen LogP contribution in [0.25, 0.3) is 0 Å². The summed E-state index contributed by atoms with van der Waals surface area (Å²) in [4.78, 5) is 26.1. The number of benzene rings is 1. The minimum Gasteiger partial charge on any atom is -0.497 e. The molecule has 2 rings (SSSR count). The van der Waals surface area contributed by atoms with E-state index in [9.17, 15) is 14.7 Å². The number of rotatable bonds is 7. The molecule has 3 N–H and O–H groups in total. The average molecular weight is 332 g/mol. The predicted octanol–water partition coefficient (Wildman–Crippen LogP) is 1.70. The van der Waals surface area contributed by atoms with Gasteiger partial charge in [0.2, 0.25) is 0 Å². The molecule has 0 saturated carbocycles. The highest BCUT2D eigenvalue weighted by Crippen LogP contribution is 2.29. The quantitative estimate of drug-likeness (QED) is 0.670. The molecule has 1 unspecified atom stereocenters. The summed E-state index contributed by atoms with van der Waals surface area (Å²) in [5, 5.41) is 12.9. The monoisotopic (exact) mass is 332 g/mol. The molecular weight excluding hydrogens is 312 g/mol. The number of carbonyl (C=O) groups excluding carboxylic acids is 2. The zero-order chi connectivity index (χ0) is 17.7. The van der Waals surface area contributed by atoms with Crippen LogP contribution in [0.2, 0.25) is 0 Å². The third kappa shape index (κ3) is 3.94. The van der Waals surface area contributed by atoms with Gasteiger partial charge in [0.15, 0.2) is 5.78 Å². The Morgan fingerprint density at radius 1 is 1.25 bits per heavy atom. The maximum atomic E-state index is 12.1. The van der Waals surface area contributed by atoms with Gasteiger partial charge in [-0.2, -0.15) is 0 Å². The molecule has 0 fully saturated rings. The van der Waals surface area contributed by atoms with E-state index in [1.807, 2.05) is 0 Å². The number of carbonyl (C=O) groups is 2. The number of hydrogen-bond acceptors (Lipinski definition) is 5. The van der Waals surface area contributed by atoms with Gasteiger partial charge in [0.1, 0.15) is 23.3 Å². The van der Waals surface area contributed by atoms with Crippen LogP contribution in [0.15, 0.2) is 30.5 Å². The zero-order valence-corrected chi connectivity index (χ0v) is 13.8. The summed E-state index contributed by atoms with van der Waals surface area (Å²) in [5.41, 5.74) is 1.19. The van der Waals surface area contributed by atoms with Crippen LogP contribution in [0.1, 0.15) is 39.4 Å². The number of Topliss-reactive ketones (excluding diaryl/α,β-unsaturated/α-hetero) is 1. The lowest BCUT2D eigenvalue weighted by atomic mass is 10.1. The van der Waals surface area contributed by atoms with Crippen LogP contribution in [-0.2, 0) is 0 Å². The van der Waals surface area contributed by atoms with Crippen molar-refractivity contribution >= 4 is 11.7 Å². The number of methoxy groups -OCH3 is 2. The molecule has 1 aromatic carbocycles. The first-order valence-electron chi connectivity index (χ1n) is 7.33. The van der Waals surface area contributed by atoms with E-state index in [-0.39, 0.29) is 18.0 Å². The summed E-state index contributed by atoms with van der Waals surface area (Å²) in [6.07, 6.45) is 0.500. The van der Waals surface area contributed by atoms with E-state index in [1.54, 1.807) is 18.2 Å². The summed E-state index contributed by atoms with van der Waals surface area (Å²) in [6, 6.07) is 6.52. The lowest BCUT2D eigenvalue weighted by Gasteiger charge is -2.16. The van der Waals surface area contributed by atoms with Gasteiger partial charge in [0, 0.05) is 23.9 Å². The molecule has 0 aliphatic heterocycles. The minimum atomic E-state index is -0.971. The second-order valence-electron chi connectivity index (χ2n) is 5.19. The van der Waals surface area contributed by atoms with Gasteiger partial charge in [0.25, 0.3) is 5.91 Å². The van der Waals surface area contributed by atoms with E-state index in [1.165, 1.54) is 33.4 Å². The minimum absolute atomic E-state index is 0.0171. The standard InChI is InChI=1S/C17H20N2O5/c1-10(20)11-6-14(18-8-11)17(22)19-9-15(21)13-7-12(23-2)4-5-16(13)24-3/h4-8,15,18,21H,9H2,1-3H3,(H,19,22). The van der Waals surface area contributed by atoms with Gasteiger partial charge >= 0.3 is 0 Å². The SMILES string of the molecule is COc1ccc(OC)c(C(O)CNC(=O)c2cc(C(C)=O)c[nH]2)c1. The van der Waals surface area contributed by atoms with Gasteiger partial charge in [-0.05, 0) is 31.2 Å². The Bertz CT molecular complexity index is 738. The summed E-state index contributed by atoms with van der Waals surface area (Å²) in [6.45, 7) is 1.40. The molecule has 0 spiro atoms. The smallest absolute Gasteiger partial charge is 0.267 e. The van der Waals surface area contributed by atoms with Crippen LogP contribution >= 0.6 is 0 Å². The number of amides is 1. The fraction of sp³-hybridized carbons (Fsp3) is 0.294. The number of ketones is 1. The molecule has 0 saturated heterocycles. The van der Waals surface area contributed by atoms with Gasteiger partial charge in [-0.25, -0.2) is 0 Å². The van der Waals surface area contributed by atoms with Gasteiger partial charge in [-0.15, -0.1) is 0 Å². The second kappa shape index (κ2) is 7.65. The van der Waals surface area contributed by atoms with Crippen molar-refractivity contribution in [1.82, 2.24) is 10.3 Å². The zero-order valence-electron chi connectivity index (χ0n) is 13.8. The lowest BCUT2D eigenvalue weighted by molar-refractivity contribution is 0.0910. The molecule has 1 aromatic heterocycles. The van der Waals surface area contributed by atoms with Gasteiger partial charge in [-0.1, -0.05) is 0 Å². The average Bonchev–Trinajstić information content (AvgIpc) is 3.09. The maximum Gasteiger partial charge on any atom is 0.267 e. The van der Waals surface area contributed by atoms with Crippen molar-refractivity contribution in [2.75, 3.05) is 20.8 Å². The lowest BCUT2D eigenvalue weighted by Crippen LogP contribution is -2.28. The number of aromatic amines is 1. The van der Waals surface area contributed by atoms with Crippen molar-refractivity contribution in [1.29, 1.82) is 0 Å². The summed E-state index contributed by atoms with van der Waals surface area (Å²) >= 11 is 0. The Hall–Kier alpha value is -2.80. The first-order valence-corrected chi connectivity index (χ1v) is 7.33. The third-order valence-electron chi connectivity index (χ3n) is 3.59. The van der Waals surface area contributed by atoms with E-state index in [4.69, 9.17) is 9.47 Å². The summed E-state index contributed by atoms with van der Waals surface area (Å²) in [7, 11) is 3.02. The number of nitrogens with one attached hydrogen (secondary N) is 2. The van der Waals surface area contributed by atoms with E-state index in [2.05, 4.69) is 10.3 Å². The number of ether oxygens (including phenoxy) is 2. The summed E-state index contributed by atoms with van der Waals surface area (Å²) in [5.74, 6) is 0.526. The van der Waals surface area contributed by atoms with E-state index >= 15 is 0 Å². The van der Waals surface area contributed by atoms with Crippen molar-refractivity contribution < 1.29 is 24.2 Å². The van der Waals surface area contributed by atoms with Crippen LogP contribution in [-0.4, -0.2) is 42.5 Å². The molecule has 0 radical (unpaired) electrons. The largest absolute Gasteiger partial charge is 0.497 e.